The molecule has 0 radical (unpaired) electrons. The lowest BCUT2D eigenvalue weighted by molar-refractivity contribution is 0.143. The number of piperidine rings is 1. The largest absolute Gasteiger partial charge is 0.381 e. The van der Waals surface area contributed by atoms with Crippen molar-refractivity contribution in [3.05, 3.63) is 34.9 Å². The summed E-state index contributed by atoms with van der Waals surface area (Å²) >= 11 is 0. The van der Waals surface area contributed by atoms with Crippen molar-refractivity contribution in [2.45, 2.75) is 51.6 Å². The van der Waals surface area contributed by atoms with E-state index in [1.807, 2.05) is 0 Å². The lowest BCUT2D eigenvalue weighted by Gasteiger charge is -2.36. The second kappa shape index (κ2) is 7.15. The molecule has 0 spiro atoms. The molecule has 0 unspecified atom stereocenters. The maximum atomic E-state index is 5.52. The highest BCUT2D eigenvalue weighted by Crippen LogP contribution is 2.37. The van der Waals surface area contributed by atoms with E-state index < -0.39 is 0 Å². The molecule has 1 N–H and O–H groups in total. The molecule has 2 saturated heterocycles. The molecule has 3 aliphatic rings. The summed E-state index contributed by atoms with van der Waals surface area (Å²) in [6.07, 6.45) is 5.07. The number of hydrogen-bond acceptors (Lipinski definition) is 3. The van der Waals surface area contributed by atoms with Gasteiger partial charge < -0.3 is 15.0 Å². The van der Waals surface area contributed by atoms with Crippen molar-refractivity contribution < 1.29 is 4.74 Å². The summed E-state index contributed by atoms with van der Waals surface area (Å²) in [7, 11) is 0. The van der Waals surface area contributed by atoms with Crippen molar-refractivity contribution in [3.63, 3.8) is 0 Å². The van der Waals surface area contributed by atoms with Crippen LogP contribution in [-0.4, -0.2) is 43.8 Å². The van der Waals surface area contributed by atoms with Gasteiger partial charge in [-0.2, -0.15) is 0 Å². The zero-order valence-electron chi connectivity index (χ0n) is 15.3. The maximum absolute atomic E-state index is 5.52. The molecule has 1 aliphatic carbocycles. The van der Waals surface area contributed by atoms with Crippen molar-refractivity contribution in [1.29, 1.82) is 0 Å². The number of likely N-dealkylation sites (tertiary alicyclic amines) is 1. The van der Waals surface area contributed by atoms with Gasteiger partial charge in [-0.25, -0.2) is 0 Å². The number of rotatable bonds is 4. The van der Waals surface area contributed by atoms with E-state index in [-0.39, 0.29) is 0 Å². The van der Waals surface area contributed by atoms with Crippen LogP contribution < -0.4 is 5.32 Å². The highest BCUT2D eigenvalue weighted by molar-refractivity contribution is 5.38. The van der Waals surface area contributed by atoms with Crippen LogP contribution in [0, 0.1) is 18.8 Å². The van der Waals surface area contributed by atoms with E-state index in [9.17, 15) is 0 Å². The molecule has 3 nitrogen and oxygen atoms in total. The Labute approximate surface area is 146 Å². The molecule has 2 aliphatic heterocycles. The Bertz CT molecular complexity index is 559. The summed E-state index contributed by atoms with van der Waals surface area (Å²) in [6, 6.07) is 8.25. The van der Waals surface area contributed by atoms with Gasteiger partial charge in [-0.05, 0) is 68.7 Å². The van der Waals surface area contributed by atoms with Crippen molar-refractivity contribution >= 4 is 0 Å². The second-order valence-corrected chi connectivity index (χ2v) is 8.33. The Balaban J connectivity index is 1.32. The monoisotopic (exact) mass is 328 g/mol. The number of hydrogen-bond donors (Lipinski definition) is 1. The molecule has 0 aromatic heterocycles. The number of nitrogens with zero attached hydrogens (tertiary/aromatic N) is 1. The molecular formula is C21H32N2O. The zero-order chi connectivity index (χ0) is 16.5. The van der Waals surface area contributed by atoms with E-state index in [1.54, 1.807) is 11.1 Å². The van der Waals surface area contributed by atoms with Crippen molar-refractivity contribution in [1.82, 2.24) is 10.2 Å². The number of fused-ring (bicyclic) bond motifs is 1. The van der Waals surface area contributed by atoms with Gasteiger partial charge in [0.05, 0.1) is 6.61 Å². The van der Waals surface area contributed by atoms with Gasteiger partial charge in [-0.3, -0.25) is 0 Å². The topological polar surface area (TPSA) is 24.5 Å². The van der Waals surface area contributed by atoms with Crippen LogP contribution in [0.15, 0.2) is 18.2 Å². The highest BCUT2D eigenvalue weighted by atomic mass is 16.5. The fourth-order valence-electron chi connectivity index (χ4n) is 4.84. The Morgan fingerprint density at radius 1 is 1.21 bits per heavy atom. The first-order valence-corrected chi connectivity index (χ1v) is 9.84. The lowest BCUT2D eigenvalue weighted by Crippen LogP contribution is -2.45. The van der Waals surface area contributed by atoms with Crippen LogP contribution in [0.2, 0.25) is 0 Å². The highest BCUT2D eigenvalue weighted by Gasteiger charge is 2.32. The van der Waals surface area contributed by atoms with E-state index in [0.717, 1.165) is 25.0 Å². The van der Waals surface area contributed by atoms with Gasteiger partial charge >= 0.3 is 0 Å². The first-order valence-electron chi connectivity index (χ1n) is 9.84. The predicted octanol–water partition coefficient (Wildman–Crippen LogP) is 3.32. The zero-order valence-corrected chi connectivity index (χ0v) is 15.3. The minimum Gasteiger partial charge on any atom is -0.381 e. The number of benzene rings is 1. The molecule has 0 bridgehead atoms. The standard InChI is InChI=1S/C21H32N2O/c1-15-3-4-18-12-16(2)21(20(18)11-15)22-19-5-8-23(9-6-19)13-17-7-10-24-14-17/h3-4,11,16-17,19,21-22H,5-10,12-14H2,1-2H3/t16-,17+,21-/m1/s1. The molecule has 1 aromatic rings. The third kappa shape index (κ3) is 3.54. The number of aryl methyl sites for hydroxylation is 1. The first-order chi connectivity index (χ1) is 11.7. The van der Waals surface area contributed by atoms with Crippen molar-refractivity contribution in [2.75, 3.05) is 32.8 Å². The normalized spacial score (nSPS) is 31.5. The molecule has 132 valence electrons. The van der Waals surface area contributed by atoms with Crippen LogP contribution in [0.1, 0.15) is 48.9 Å². The molecule has 24 heavy (non-hydrogen) atoms. The molecule has 2 heterocycles. The van der Waals surface area contributed by atoms with Crippen molar-refractivity contribution in [3.8, 4) is 0 Å². The third-order valence-electron chi connectivity index (χ3n) is 6.29. The smallest absolute Gasteiger partial charge is 0.0507 e. The van der Waals surface area contributed by atoms with Crippen molar-refractivity contribution in [2.24, 2.45) is 11.8 Å². The lowest BCUT2D eigenvalue weighted by atomic mass is 9.97. The first kappa shape index (κ1) is 16.6. The van der Waals surface area contributed by atoms with Gasteiger partial charge in [0, 0.05) is 25.2 Å². The third-order valence-corrected chi connectivity index (χ3v) is 6.29. The van der Waals surface area contributed by atoms with E-state index in [0.29, 0.717) is 12.1 Å². The fourth-order valence-corrected chi connectivity index (χ4v) is 4.84. The van der Waals surface area contributed by atoms with Crippen LogP contribution in [0.3, 0.4) is 0 Å². The molecule has 4 rings (SSSR count). The van der Waals surface area contributed by atoms with Crippen LogP contribution in [0.25, 0.3) is 0 Å². The molecule has 3 atom stereocenters. The Morgan fingerprint density at radius 3 is 2.79 bits per heavy atom. The minimum absolute atomic E-state index is 0.555. The Morgan fingerprint density at radius 2 is 2.04 bits per heavy atom. The van der Waals surface area contributed by atoms with Crippen LogP contribution >= 0.6 is 0 Å². The van der Waals surface area contributed by atoms with Gasteiger partial charge in [0.15, 0.2) is 0 Å². The van der Waals surface area contributed by atoms with Gasteiger partial charge in [0.25, 0.3) is 0 Å². The molecule has 2 fully saturated rings. The molecule has 3 heteroatoms. The van der Waals surface area contributed by atoms with E-state index in [4.69, 9.17) is 4.74 Å². The Hall–Kier alpha value is -0.900. The summed E-state index contributed by atoms with van der Waals surface area (Å²) in [5, 5.41) is 4.01. The molecule has 1 aromatic carbocycles. The Kier molecular flexibility index (Phi) is 4.93. The van der Waals surface area contributed by atoms with Crippen LogP contribution in [-0.2, 0) is 11.2 Å². The average Bonchev–Trinajstić information content (AvgIpc) is 3.18. The molecule has 0 saturated carbocycles. The fraction of sp³-hybridized carbons (Fsp3) is 0.714. The minimum atomic E-state index is 0.555. The average molecular weight is 329 g/mol. The quantitative estimate of drug-likeness (QED) is 0.918. The number of nitrogens with one attached hydrogen (secondary N) is 1. The van der Waals surface area contributed by atoms with Gasteiger partial charge in [0.1, 0.15) is 0 Å². The molecule has 0 amide bonds. The summed E-state index contributed by atoms with van der Waals surface area (Å²) in [6.45, 7) is 10.3. The summed E-state index contributed by atoms with van der Waals surface area (Å²) < 4.78 is 5.52. The summed E-state index contributed by atoms with van der Waals surface area (Å²) in [5.41, 5.74) is 4.51. The van der Waals surface area contributed by atoms with Gasteiger partial charge in [0.2, 0.25) is 0 Å². The van der Waals surface area contributed by atoms with E-state index in [2.05, 4.69) is 42.3 Å². The van der Waals surface area contributed by atoms with Gasteiger partial charge in [-0.15, -0.1) is 0 Å². The van der Waals surface area contributed by atoms with Gasteiger partial charge in [-0.1, -0.05) is 30.7 Å². The van der Waals surface area contributed by atoms with E-state index in [1.165, 1.54) is 50.9 Å². The second-order valence-electron chi connectivity index (χ2n) is 8.33. The predicted molar refractivity (Wildman–Crippen MR) is 98.3 cm³/mol. The van der Waals surface area contributed by atoms with E-state index >= 15 is 0 Å². The van der Waals surface area contributed by atoms with Crippen LogP contribution in [0.4, 0.5) is 0 Å². The maximum Gasteiger partial charge on any atom is 0.0507 e. The molecular weight excluding hydrogens is 296 g/mol. The SMILES string of the molecule is Cc1ccc2c(c1)[C@H](NC1CCN(C[C@@H]3CCOC3)CC1)[C@H](C)C2. The van der Waals surface area contributed by atoms with Crippen LogP contribution in [0.5, 0.6) is 0 Å². The number of ether oxygens (including phenoxy) is 1. The summed E-state index contributed by atoms with van der Waals surface area (Å²) in [5.74, 6) is 1.50. The summed E-state index contributed by atoms with van der Waals surface area (Å²) in [4.78, 5) is 2.66.